The van der Waals surface area contributed by atoms with Gasteiger partial charge in [-0.25, -0.2) is 0 Å². The smallest absolute Gasteiger partial charge is 0.401 e. The molecule has 0 saturated heterocycles. The van der Waals surface area contributed by atoms with Crippen LogP contribution in [0.1, 0.15) is 26.2 Å². The molecule has 1 fully saturated rings. The first-order valence-electron chi connectivity index (χ1n) is 6.48. The highest BCUT2D eigenvalue weighted by Gasteiger charge is 2.32. The van der Waals surface area contributed by atoms with Crippen LogP contribution in [0.15, 0.2) is 0 Å². The molecular formula is C12H21F3N2O2. The summed E-state index contributed by atoms with van der Waals surface area (Å²) in [6, 6.07) is -0.207. The molecule has 1 aliphatic rings. The van der Waals surface area contributed by atoms with Gasteiger partial charge in [0, 0.05) is 12.6 Å². The van der Waals surface area contributed by atoms with Crippen molar-refractivity contribution in [3.63, 3.8) is 0 Å². The zero-order chi connectivity index (χ0) is 14.5. The van der Waals surface area contributed by atoms with E-state index in [0.717, 1.165) is 12.8 Å². The van der Waals surface area contributed by atoms with Gasteiger partial charge in [-0.3, -0.25) is 9.69 Å². The van der Waals surface area contributed by atoms with Crippen molar-refractivity contribution in [2.75, 3.05) is 26.7 Å². The fraction of sp³-hybridized carbons (Fsp3) is 0.917. The molecule has 0 spiro atoms. The van der Waals surface area contributed by atoms with Crippen LogP contribution in [0.4, 0.5) is 13.2 Å². The average Bonchev–Trinajstić information content (AvgIpc) is 3.14. The summed E-state index contributed by atoms with van der Waals surface area (Å²) in [6.45, 7) is 1.25. The highest BCUT2D eigenvalue weighted by molar-refractivity contribution is 5.75. The molecule has 7 heteroatoms. The second-order valence-corrected chi connectivity index (χ2v) is 4.79. The minimum atomic E-state index is -4.21. The zero-order valence-corrected chi connectivity index (χ0v) is 11.3. The Hall–Kier alpha value is -0.820. The predicted octanol–water partition coefficient (Wildman–Crippen LogP) is 1.55. The molecule has 0 aromatic heterocycles. The number of carbonyl (C=O) groups excluding carboxylic acids is 1. The molecule has 112 valence electrons. The van der Waals surface area contributed by atoms with Gasteiger partial charge in [-0.2, -0.15) is 13.2 Å². The maximum atomic E-state index is 12.3. The Morgan fingerprint density at radius 2 is 2.11 bits per heavy atom. The fourth-order valence-corrected chi connectivity index (χ4v) is 1.86. The molecule has 19 heavy (non-hydrogen) atoms. The van der Waals surface area contributed by atoms with E-state index >= 15 is 0 Å². The monoisotopic (exact) mass is 282 g/mol. The van der Waals surface area contributed by atoms with Gasteiger partial charge < -0.3 is 10.1 Å². The number of ether oxygens (including phenoxy) is 1. The Morgan fingerprint density at radius 1 is 1.47 bits per heavy atom. The summed E-state index contributed by atoms with van der Waals surface area (Å²) in [7, 11) is 1.29. The Morgan fingerprint density at radius 3 is 2.53 bits per heavy atom. The van der Waals surface area contributed by atoms with E-state index in [1.807, 2.05) is 0 Å². The van der Waals surface area contributed by atoms with Crippen LogP contribution in [0.25, 0.3) is 0 Å². The van der Waals surface area contributed by atoms with Crippen molar-refractivity contribution in [2.24, 2.45) is 0 Å². The molecule has 0 heterocycles. The quantitative estimate of drug-likeness (QED) is 0.686. The van der Waals surface area contributed by atoms with Gasteiger partial charge in [-0.15, -0.1) is 0 Å². The number of methoxy groups -OCH3 is 1. The SMILES string of the molecule is CCN(CCC(NC1CC1)C(=O)OC)CC(F)(F)F. The summed E-state index contributed by atoms with van der Waals surface area (Å²) >= 11 is 0. The van der Waals surface area contributed by atoms with E-state index in [9.17, 15) is 18.0 Å². The number of carbonyl (C=O) groups is 1. The van der Waals surface area contributed by atoms with E-state index in [0.29, 0.717) is 19.0 Å². The van der Waals surface area contributed by atoms with Crippen molar-refractivity contribution >= 4 is 5.97 Å². The molecule has 0 amide bonds. The van der Waals surface area contributed by atoms with Crippen molar-refractivity contribution in [1.29, 1.82) is 0 Å². The summed E-state index contributed by atoms with van der Waals surface area (Å²) in [5.74, 6) is -0.407. The lowest BCUT2D eigenvalue weighted by Gasteiger charge is -2.24. The van der Waals surface area contributed by atoms with Crippen LogP contribution in [0.2, 0.25) is 0 Å². The molecule has 1 N–H and O–H groups in total. The van der Waals surface area contributed by atoms with Crippen LogP contribution in [-0.4, -0.2) is 55.9 Å². The summed E-state index contributed by atoms with van der Waals surface area (Å²) in [5.41, 5.74) is 0. The molecule has 0 aromatic rings. The standard InChI is InChI=1S/C12H21F3N2O2/c1-3-17(8-12(13,14)15)7-6-10(11(18)19-2)16-9-4-5-9/h9-10,16H,3-8H2,1-2H3. The average molecular weight is 282 g/mol. The lowest BCUT2D eigenvalue weighted by atomic mass is 10.2. The van der Waals surface area contributed by atoms with Gasteiger partial charge in [0.25, 0.3) is 0 Å². The molecule has 1 saturated carbocycles. The van der Waals surface area contributed by atoms with Crippen molar-refractivity contribution in [3.05, 3.63) is 0 Å². The van der Waals surface area contributed by atoms with E-state index in [2.05, 4.69) is 10.1 Å². The van der Waals surface area contributed by atoms with Crippen LogP contribution in [0, 0.1) is 0 Å². The Kier molecular flexibility index (Phi) is 6.06. The molecule has 4 nitrogen and oxygen atoms in total. The van der Waals surface area contributed by atoms with E-state index < -0.39 is 24.7 Å². The first-order valence-corrected chi connectivity index (χ1v) is 6.48. The lowest BCUT2D eigenvalue weighted by Crippen LogP contribution is -2.43. The lowest BCUT2D eigenvalue weighted by molar-refractivity contribution is -0.147. The first kappa shape index (κ1) is 16.2. The molecule has 1 rings (SSSR count). The predicted molar refractivity (Wildman–Crippen MR) is 64.7 cm³/mol. The van der Waals surface area contributed by atoms with Gasteiger partial charge in [0.1, 0.15) is 6.04 Å². The molecule has 0 radical (unpaired) electrons. The van der Waals surface area contributed by atoms with Gasteiger partial charge in [0.05, 0.1) is 13.7 Å². The number of esters is 1. The van der Waals surface area contributed by atoms with Gasteiger partial charge in [0.15, 0.2) is 0 Å². The molecule has 1 unspecified atom stereocenters. The highest BCUT2D eigenvalue weighted by atomic mass is 19.4. The summed E-state index contributed by atoms with van der Waals surface area (Å²) in [5, 5.41) is 3.10. The maximum absolute atomic E-state index is 12.3. The number of nitrogens with zero attached hydrogens (tertiary/aromatic N) is 1. The van der Waals surface area contributed by atoms with Gasteiger partial charge in [-0.1, -0.05) is 6.92 Å². The number of rotatable bonds is 8. The minimum absolute atomic E-state index is 0.218. The molecule has 0 bridgehead atoms. The van der Waals surface area contributed by atoms with E-state index in [4.69, 9.17) is 0 Å². The molecule has 1 atom stereocenters. The molecule has 0 aliphatic heterocycles. The van der Waals surface area contributed by atoms with Gasteiger partial charge >= 0.3 is 12.1 Å². The van der Waals surface area contributed by atoms with E-state index in [1.165, 1.54) is 12.0 Å². The van der Waals surface area contributed by atoms with Crippen LogP contribution in [-0.2, 0) is 9.53 Å². The van der Waals surface area contributed by atoms with Crippen molar-refractivity contribution < 1.29 is 22.7 Å². The van der Waals surface area contributed by atoms with Crippen LogP contribution < -0.4 is 5.32 Å². The van der Waals surface area contributed by atoms with Crippen LogP contribution >= 0.6 is 0 Å². The van der Waals surface area contributed by atoms with Crippen molar-refractivity contribution in [3.8, 4) is 0 Å². The molecular weight excluding hydrogens is 261 g/mol. The Labute approximate surface area is 111 Å². The van der Waals surface area contributed by atoms with Crippen molar-refractivity contribution in [2.45, 2.75) is 44.4 Å². The third-order valence-electron chi connectivity index (χ3n) is 3.08. The van der Waals surface area contributed by atoms with Crippen LogP contribution in [0.3, 0.4) is 0 Å². The third kappa shape index (κ3) is 6.77. The minimum Gasteiger partial charge on any atom is -0.468 e. The zero-order valence-electron chi connectivity index (χ0n) is 11.3. The molecule has 0 aromatic carbocycles. The Balaban J connectivity index is 2.41. The maximum Gasteiger partial charge on any atom is 0.401 e. The van der Waals surface area contributed by atoms with Gasteiger partial charge in [0.2, 0.25) is 0 Å². The molecule has 1 aliphatic carbocycles. The Bertz CT molecular complexity index is 293. The number of hydrogen-bond acceptors (Lipinski definition) is 4. The number of hydrogen-bond donors (Lipinski definition) is 1. The van der Waals surface area contributed by atoms with Crippen LogP contribution in [0.5, 0.6) is 0 Å². The highest BCUT2D eigenvalue weighted by Crippen LogP contribution is 2.21. The van der Waals surface area contributed by atoms with E-state index in [-0.39, 0.29) is 6.54 Å². The van der Waals surface area contributed by atoms with Crippen molar-refractivity contribution in [1.82, 2.24) is 10.2 Å². The number of alkyl halides is 3. The largest absolute Gasteiger partial charge is 0.468 e. The first-order chi connectivity index (χ1) is 8.85. The van der Waals surface area contributed by atoms with Gasteiger partial charge in [-0.05, 0) is 25.8 Å². The number of halogens is 3. The summed E-state index contributed by atoms with van der Waals surface area (Å²) in [6.07, 6.45) is -1.87. The topological polar surface area (TPSA) is 41.6 Å². The summed E-state index contributed by atoms with van der Waals surface area (Å²) < 4.78 is 41.6. The summed E-state index contributed by atoms with van der Waals surface area (Å²) in [4.78, 5) is 12.8. The number of nitrogens with one attached hydrogen (secondary N) is 1. The second-order valence-electron chi connectivity index (χ2n) is 4.79. The normalized spacial score (nSPS) is 17.6. The van der Waals surface area contributed by atoms with E-state index in [1.54, 1.807) is 6.92 Å². The fourth-order valence-electron chi connectivity index (χ4n) is 1.86. The second kappa shape index (κ2) is 7.09. The third-order valence-corrected chi connectivity index (χ3v) is 3.08.